The zero-order chi connectivity index (χ0) is 17.1. The Morgan fingerprint density at radius 2 is 1.70 bits per heavy atom. The number of carbonyl (C=O) groups is 2. The van der Waals surface area contributed by atoms with Gasteiger partial charge in [0.25, 0.3) is 0 Å². The highest BCUT2D eigenvalue weighted by Crippen LogP contribution is 2.35. The first kappa shape index (κ1) is 17.4. The minimum absolute atomic E-state index is 0.228. The fourth-order valence-electron chi connectivity index (χ4n) is 2.83. The normalized spacial score (nSPS) is 19.1. The van der Waals surface area contributed by atoms with Crippen LogP contribution < -0.4 is 5.73 Å². The maximum Gasteiger partial charge on any atom is 0.416 e. The van der Waals surface area contributed by atoms with Gasteiger partial charge in [-0.15, -0.1) is 0 Å². The summed E-state index contributed by atoms with van der Waals surface area (Å²) in [6, 6.07) is 4.18. The number of hydrogen-bond acceptors (Lipinski definition) is 4. The number of halogens is 3. The van der Waals surface area contributed by atoms with E-state index in [1.807, 2.05) is 0 Å². The number of alkyl halides is 3. The van der Waals surface area contributed by atoms with Gasteiger partial charge in [-0.25, -0.2) is 0 Å². The first-order valence-electron chi connectivity index (χ1n) is 7.06. The molecule has 126 valence electrons. The van der Waals surface area contributed by atoms with Crippen molar-refractivity contribution in [1.82, 2.24) is 4.90 Å². The van der Waals surface area contributed by atoms with E-state index in [9.17, 15) is 22.8 Å². The van der Waals surface area contributed by atoms with Crippen molar-refractivity contribution in [2.45, 2.75) is 18.1 Å². The van der Waals surface area contributed by atoms with Crippen molar-refractivity contribution < 1.29 is 27.5 Å². The summed E-state index contributed by atoms with van der Waals surface area (Å²) >= 11 is 0. The summed E-state index contributed by atoms with van der Waals surface area (Å²) in [4.78, 5) is 25.0. The van der Waals surface area contributed by atoms with Crippen LogP contribution in [-0.4, -0.2) is 43.4 Å². The maximum absolute atomic E-state index is 12.7. The molecule has 1 aliphatic rings. The monoisotopic (exact) mass is 330 g/mol. The minimum Gasteiger partial charge on any atom is -0.379 e. The molecule has 8 heteroatoms. The number of nitrogens with two attached hydrogens (primary N) is 1. The van der Waals surface area contributed by atoms with Gasteiger partial charge >= 0.3 is 6.18 Å². The second kappa shape index (κ2) is 6.67. The van der Waals surface area contributed by atoms with E-state index < -0.39 is 23.2 Å². The van der Waals surface area contributed by atoms with E-state index in [4.69, 9.17) is 10.5 Å². The summed E-state index contributed by atoms with van der Waals surface area (Å²) in [7, 11) is 0. The predicted octanol–water partition coefficient (Wildman–Crippen LogP) is 1.31. The number of benzene rings is 1. The van der Waals surface area contributed by atoms with Crippen LogP contribution >= 0.6 is 0 Å². The number of aldehydes is 1. The Bertz CT molecular complexity index is 568. The van der Waals surface area contributed by atoms with Crippen molar-refractivity contribution in [1.29, 1.82) is 0 Å². The van der Waals surface area contributed by atoms with Crippen LogP contribution in [0.3, 0.4) is 0 Å². The lowest BCUT2D eigenvalue weighted by Gasteiger charge is -2.42. The van der Waals surface area contributed by atoms with Gasteiger partial charge in [-0.2, -0.15) is 13.2 Å². The van der Waals surface area contributed by atoms with Gasteiger partial charge in [0.15, 0.2) is 0 Å². The van der Waals surface area contributed by atoms with Gasteiger partial charge in [0, 0.05) is 19.5 Å². The zero-order valence-electron chi connectivity index (χ0n) is 12.3. The summed E-state index contributed by atoms with van der Waals surface area (Å²) in [5.41, 5.74) is 3.52. The van der Waals surface area contributed by atoms with Crippen molar-refractivity contribution >= 4 is 12.2 Å². The molecule has 1 atom stereocenters. The highest BCUT2D eigenvalue weighted by molar-refractivity contribution is 5.88. The Hall–Kier alpha value is -1.93. The third kappa shape index (κ3) is 3.37. The molecule has 1 fully saturated rings. The molecule has 0 radical (unpaired) electrons. The second-order valence-corrected chi connectivity index (χ2v) is 5.27. The average Bonchev–Trinajstić information content (AvgIpc) is 2.52. The van der Waals surface area contributed by atoms with Crippen molar-refractivity contribution in [2.24, 2.45) is 5.73 Å². The number of ether oxygens (including phenoxy) is 1. The van der Waals surface area contributed by atoms with Crippen molar-refractivity contribution in [3.8, 4) is 0 Å². The molecule has 1 aromatic carbocycles. The lowest BCUT2D eigenvalue weighted by atomic mass is 9.83. The van der Waals surface area contributed by atoms with E-state index in [1.165, 1.54) is 12.1 Å². The third-order valence-corrected chi connectivity index (χ3v) is 4.03. The van der Waals surface area contributed by atoms with Gasteiger partial charge < -0.3 is 15.3 Å². The van der Waals surface area contributed by atoms with Crippen LogP contribution in [0.25, 0.3) is 0 Å². The zero-order valence-corrected chi connectivity index (χ0v) is 12.3. The molecule has 23 heavy (non-hydrogen) atoms. The number of primary amides is 1. The van der Waals surface area contributed by atoms with Gasteiger partial charge in [0.1, 0.15) is 11.8 Å². The van der Waals surface area contributed by atoms with Crippen molar-refractivity contribution in [2.75, 3.05) is 26.3 Å². The van der Waals surface area contributed by atoms with Gasteiger partial charge in [0.05, 0.1) is 18.8 Å². The molecule has 1 saturated heterocycles. The third-order valence-electron chi connectivity index (χ3n) is 4.03. The van der Waals surface area contributed by atoms with Gasteiger partial charge in [-0.1, -0.05) is 12.1 Å². The standard InChI is InChI=1S/C15H17F3N2O3/c16-15(17,18)12-3-1-11(2-4-12)14(5-8-21,13(19)22)20-6-9-23-10-7-20/h1-4,8H,5-7,9-10H2,(H2,19,22)/t14-/m0/s1. The van der Waals surface area contributed by atoms with E-state index in [-0.39, 0.29) is 12.0 Å². The highest BCUT2D eigenvalue weighted by Gasteiger charge is 2.45. The summed E-state index contributed by atoms with van der Waals surface area (Å²) in [5, 5.41) is 0. The van der Waals surface area contributed by atoms with Crippen LogP contribution in [0, 0.1) is 0 Å². The average molecular weight is 330 g/mol. The molecule has 0 bridgehead atoms. The van der Waals surface area contributed by atoms with Crippen LogP contribution in [0.1, 0.15) is 17.5 Å². The van der Waals surface area contributed by atoms with Crippen LogP contribution in [0.15, 0.2) is 24.3 Å². The van der Waals surface area contributed by atoms with E-state index in [2.05, 4.69) is 0 Å². The summed E-state index contributed by atoms with van der Waals surface area (Å²) < 4.78 is 43.3. The Kier molecular flexibility index (Phi) is 5.06. The Labute approximate surface area is 131 Å². The Balaban J connectivity index is 2.47. The van der Waals surface area contributed by atoms with Gasteiger partial charge in [0.2, 0.25) is 5.91 Å². The summed E-state index contributed by atoms with van der Waals surface area (Å²) in [6.45, 7) is 1.43. The number of nitrogens with zero attached hydrogens (tertiary/aromatic N) is 1. The molecule has 1 amide bonds. The number of carbonyl (C=O) groups excluding carboxylic acids is 2. The molecule has 0 aromatic heterocycles. The lowest BCUT2D eigenvalue weighted by molar-refractivity contribution is -0.138. The summed E-state index contributed by atoms with van der Waals surface area (Å²) in [5.74, 6) is -0.772. The van der Waals surface area contributed by atoms with Crippen molar-refractivity contribution in [3.05, 3.63) is 35.4 Å². The van der Waals surface area contributed by atoms with Crippen molar-refractivity contribution in [3.63, 3.8) is 0 Å². The molecule has 2 N–H and O–H groups in total. The van der Waals surface area contributed by atoms with Crippen LogP contribution in [0.5, 0.6) is 0 Å². The number of amides is 1. The molecule has 0 spiro atoms. The smallest absolute Gasteiger partial charge is 0.379 e. The molecule has 1 aromatic rings. The molecule has 0 saturated carbocycles. The SMILES string of the molecule is NC(=O)[C@](CC=O)(c1ccc(C(F)(F)F)cc1)N1CCOCC1. The second-order valence-electron chi connectivity index (χ2n) is 5.27. The van der Waals surface area contributed by atoms with Gasteiger partial charge in [-0.3, -0.25) is 9.69 Å². The number of morpholine rings is 1. The molecule has 0 unspecified atom stereocenters. The topological polar surface area (TPSA) is 72.6 Å². The number of rotatable bonds is 5. The molecular formula is C15H17F3N2O3. The molecule has 5 nitrogen and oxygen atoms in total. The molecule has 1 heterocycles. The predicted molar refractivity (Wildman–Crippen MR) is 75.4 cm³/mol. The quantitative estimate of drug-likeness (QED) is 0.826. The largest absolute Gasteiger partial charge is 0.416 e. The van der Waals surface area contributed by atoms with Crippen LogP contribution in [0.2, 0.25) is 0 Å². The molecule has 0 aliphatic carbocycles. The lowest BCUT2D eigenvalue weighted by Crippen LogP contribution is -2.58. The van der Waals surface area contributed by atoms with E-state index in [0.717, 1.165) is 12.1 Å². The fourth-order valence-corrected chi connectivity index (χ4v) is 2.83. The maximum atomic E-state index is 12.7. The molecule has 1 aliphatic heterocycles. The van der Waals surface area contributed by atoms with Gasteiger partial charge in [-0.05, 0) is 17.7 Å². The van der Waals surface area contributed by atoms with E-state index in [0.29, 0.717) is 32.6 Å². The van der Waals surface area contributed by atoms with E-state index in [1.54, 1.807) is 4.90 Å². The van der Waals surface area contributed by atoms with Crippen LogP contribution in [0.4, 0.5) is 13.2 Å². The van der Waals surface area contributed by atoms with Crippen LogP contribution in [-0.2, 0) is 26.0 Å². The minimum atomic E-state index is -4.47. The first-order chi connectivity index (χ1) is 10.8. The molecular weight excluding hydrogens is 313 g/mol. The summed E-state index contributed by atoms with van der Waals surface area (Å²) in [6.07, 6.45) is -4.15. The first-order valence-corrected chi connectivity index (χ1v) is 7.06. The number of hydrogen-bond donors (Lipinski definition) is 1. The Morgan fingerprint density at radius 1 is 1.17 bits per heavy atom. The van der Waals surface area contributed by atoms with E-state index >= 15 is 0 Å². The highest BCUT2D eigenvalue weighted by atomic mass is 19.4. The fraction of sp³-hybridized carbons (Fsp3) is 0.467. The molecule has 2 rings (SSSR count). The Morgan fingerprint density at radius 3 is 2.13 bits per heavy atom.